The molecule has 2 aliphatic rings. The summed E-state index contributed by atoms with van der Waals surface area (Å²) in [5, 5.41) is 2.94. The molecule has 1 saturated heterocycles. The summed E-state index contributed by atoms with van der Waals surface area (Å²) < 4.78 is 10.7. The van der Waals surface area contributed by atoms with Gasteiger partial charge < -0.3 is 14.8 Å². The van der Waals surface area contributed by atoms with Crippen LogP contribution in [0.15, 0.2) is 0 Å². The number of carbonyl (C=O) groups is 2. The molecular weight excluding hydrogens is 282 g/mol. The fourth-order valence-electron chi connectivity index (χ4n) is 3.37. The lowest BCUT2D eigenvalue weighted by atomic mass is 9.83. The van der Waals surface area contributed by atoms with Gasteiger partial charge in [0.05, 0.1) is 6.04 Å². The first-order chi connectivity index (χ1) is 10.3. The van der Waals surface area contributed by atoms with Gasteiger partial charge in [0, 0.05) is 6.42 Å². The number of alkyl carbamates (subject to hydrolysis) is 1. The molecule has 2 rings (SSSR count). The molecule has 0 aromatic rings. The maximum Gasteiger partial charge on any atom is 0.408 e. The zero-order chi connectivity index (χ0) is 16.2. The highest BCUT2D eigenvalue weighted by atomic mass is 16.6. The van der Waals surface area contributed by atoms with E-state index >= 15 is 0 Å². The van der Waals surface area contributed by atoms with Gasteiger partial charge in [-0.15, -0.1) is 0 Å². The Hall–Kier alpha value is -1.26. The maximum absolute atomic E-state index is 12.1. The van der Waals surface area contributed by atoms with Crippen molar-refractivity contribution in [3.8, 4) is 0 Å². The van der Waals surface area contributed by atoms with E-state index in [2.05, 4.69) is 5.32 Å². The number of ether oxygens (including phenoxy) is 2. The normalized spacial score (nSPS) is 24.7. The van der Waals surface area contributed by atoms with Crippen molar-refractivity contribution in [1.29, 1.82) is 0 Å². The number of amides is 1. The Morgan fingerprint density at radius 1 is 1.27 bits per heavy atom. The average molecular weight is 311 g/mol. The molecule has 1 heterocycles. The van der Waals surface area contributed by atoms with Crippen LogP contribution in [0.25, 0.3) is 0 Å². The van der Waals surface area contributed by atoms with E-state index in [4.69, 9.17) is 9.47 Å². The highest BCUT2D eigenvalue weighted by Crippen LogP contribution is 2.30. The predicted molar refractivity (Wildman–Crippen MR) is 83.5 cm³/mol. The van der Waals surface area contributed by atoms with E-state index in [1.807, 2.05) is 20.8 Å². The third kappa shape index (κ3) is 5.50. The topological polar surface area (TPSA) is 64.6 Å². The number of hydrogen-bond donors (Lipinski definition) is 1. The summed E-state index contributed by atoms with van der Waals surface area (Å²) >= 11 is 0. The monoisotopic (exact) mass is 311 g/mol. The van der Waals surface area contributed by atoms with Crippen LogP contribution in [0.2, 0.25) is 0 Å². The minimum atomic E-state index is -0.522. The Kier molecular flexibility index (Phi) is 5.70. The number of carbonyl (C=O) groups excluding carboxylic acids is 2. The zero-order valence-corrected chi connectivity index (χ0v) is 14.0. The molecule has 0 spiro atoms. The van der Waals surface area contributed by atoms with E-state index < -0.39 is 11.7 Å². The van der Waals surface area contributed by atoms with Gasteiger partial charge >= 0.3 is 12.1 Å². The number of rotatable bonds is 4. The summed E-state index contributed by atoms with van der Waals surface area (Å²) in [4.78, 5) is 23.5. The van der Waals surface area contributed by atoms with Crippen LogP contribution in [-0.2, 0) is 14.3 Å². The Bertz CT molecular complexity index is 396. The lowest BCUT2D eigenvalue weighted by molar-refractivity contribution is -0.142. The Balaban J connectivity index is 1.94. The number of hydrogen-bond acceptors (Lipinski definition) is 4. The fraction of sp³-hybridized carbons (Fsp3) is 0.882. The summed E-state index contributed by atoms with van der Waals surface area (Å²) in [5.74, 6) is 0.442. The van der Waals surface area contributed by atoms with Gasteiger partial charge in [0.15, 0.2) is 0 Å². The Morgan fingerprint density at radius 2 is 1.95 bits per heavy atom. The van der Waals surface area contributed by atoms with Crippen LogP contribution in [0.1, 0.15) is 72.1 Å². The van der Waals surface area contributed by atoms with Gasteiger partial charge in [0.1, 0.15) is 11.7 Å². The molecule has 2 unspecified atom stereocenters. The number of cyclic esters (lactones) is 1. The van der Waals surface area contributed by atoms with Crippen molar-refractivity contribution >= 4 is 12.1 Å². The molecule has 5 nitrogen and oxygen atoms in total. The smallest absolute Gasteiger partial charge is 0.408 e. The van der Waals surface area contributed by atoms with E-state index in [-0.39, 0.29) is 18.1 Å². The van der Waals surface area contributed by atoms with Crippen LogP contribution < -0.4 is 5.32 Å². The number of esters is 1. The molecule has 0 aromatic carbocycles. The first-order valence-corrected chi connectivity index (χ1v) is 8.52. The summed E-state index contributed by atoms with van der Waals surface area (Å²) in [6.45, 7) is 5.54. The van der Waals surface area contributed by atoms with Crippen molar-refractivity contribution < 1.29 is 19.1 Å². The van der Waals surface area contributed by atoms with Crippen molar-refractivity contribution in [2.45, 2.75) is 89.9 Å². The van der Waals surface area contributed by atoms with Crippen LogP contribution in [0.3, 0.4) is 0 Å². The standard InChI is InChI=1S/C17H29NO4/c1-17(2,3)22-16(20)18-13(14-9-10-15(19)21-14)11-12-7-5-4-6-8-12/h12-14H,4-11H2,1-3H3,(H,18,20). The van der Waals surface area contributed by atoms with E-state index in [0.29, 0.717) is 18.8 Å². The van der Waals surface area contributed by atoms with Gasteiger partial charge in [-0.2, -0.15) is 0 Å². The molecule has 0 aromatic heterocycles. The molecular formula is C17H29NO4. The maximum atomic E-state index is 12.1. The molecule has 2 fully saturated rings. The summed E-state index contributed by atoms with van der Waals surface area (Å²) in [7, 11) is 0. The average Bonchev–Trinajstić information content (AvgIpc) is 2.84. The molecule has 0 bridgehead atoms. The van der Waals surface area contributed by atoms with Crippen LogP contribution in [0.5, 0.6) is 0 Å². The fourth-order valence-corrected chi connectivity index (χ4v) is 3.37. The first kappa shape index (κ1) is 17.1. The van der Waals surface area contributed by atoms with Gasteiger partial charge in [0.2, 0.25) is 0 Å². The molecule has 1 aliphatic heterocycles. The predicted octanol–water partition coefficient (Wildman–Crippen LogP) is 3.56. The quantitative estimate of drug-likeness (QED) is 0.806. The van der Waals surface area contributed by atoms with Crippen molar-refractivity contribution in [3.63, 3.8) is 0 Å². The molecule has 2 atom stereocenters. The second-order valence-electron chi connectivity index (χ2n) is 7.56. The van der Waals surface area contributed by atoms with Crippen LogP contribution in [0, 0.1) is 5.92 Å². The van der Waals surface area contributed by atoms with Gasteiger partial charge in [-0.25, -0.2) is 4.79 Å². The largest absolute Gasteiger partial charge is 0.460 e. The van der Waals surface area contributed by atoms with Gasteiger partial charge in [0.25, 0.3) is 0 Å². The third-order valence-electron chi connectivity index (χ3n) is 4.38. The first-order valence-electron chi connectivity index (χ1n) is 8.52. The highest BCUT2D eigenvalue weighted by molar-refractivity contribution is 5.72. The molecule has 0 radical (unpaired) electrons. The lowest BCUT2D eigenvalue weighted by Gasteiger charge is -2.30. The van der Waals surface area contributed by atoms with Gasteiger partial charge in [-0.05, 0) is 39.5 Å². The summed E-state index contributed by atoms with van der Waals surface area (Å²) in [6.07, 6.45) is 7.60. The van der Waals surface area contributed by atoms with Crippen LogP contribution in [0.4, 0.5) is 4.79 Å². The van der Waals surface area contributed by atoms with E-state index in [9.17, 15) is 9.59 Å². The lowest BCUT2D eigenvalue weighted by Crippen LogP contribution is -2.46. The molecule has 1 aliphatic carbocycles. The molecule has 1 N–H and O–H groups in total. The molecule has 22 heavy (non-hydrogen) atoms. The molecule has 5 heteroatoms. The van der Waals surface area contributed by atoms with Crippen LogP contribution in [-0.4, -0.2) is 29.8 Å². The SMILES string of the molecule is CC(C)(C)OC(=O)NC(CC1CCCCC1)C1CCC(=O)O1. The van der Waals surface area contributed by atoms with Crippen molar-refractivity contribution in [2.24, 2.45) is 5.92 Å². The van der Waals surface area contributed by atoms with Crippen molar-refractivity contribution in [1.82, 2.24) is 5.32 Å². The highest BCUT2D eigenvalue weighted by Gasteiger charge is 2.34. The molecule has 1 amide bonds. The minimum Gasteiger partial charge on any atom is -0.460 e. The second-order valence-corrected chi connectivity index (χ2v) is 7.56. The van der Waals surface area contributed by atoms with Gasteiger partial charge in [-0.1, -0.05) is 32.1 Å². The Morgan fingerprint density at radius 3 is 2.50 bits per heavy atom. The summed E-state index contributed by atoms with van der Waals surface area (Å²) in [5.41, 5.74) is -0.522. The van der Waals surface area contributed by atoms with E-state index in [1.54, 1.807) is 0 Å². The molecule has 126 valence electrons. The Labute approximate surface area is 133 Å². The van der Waals surface area contributed by atoms with E-state index in [0.717, 1.165) is 6.42 Å². The van der Waals surface area contributed by atoms with E-state index in [1.165, 1.54) is 32.1 Å². The second kappa shape index (κ2) is 7.34. The zero-order valence-electron chi connectivity index (χ0n) is 14.0. The van der Waals surface area contributed by atoms with Crippen molar-refractivity contribution in [2.75, 3.05) is 0 Å². The minimum absolute atomic E-state index is 0.135. The van der Waals surface area contributed by atoms with Crippen LogP contribution >= 0.6 is 0 Å². The number of nitrogens with one attached hydrogen (secondary N) is 1. The van der Waals surface area contributed by atoms with Gasteiger partial charge in [-0.3, -0.25) is 4.79 Å². The third-order valence-corrected chi connectivity index (χ3v) is 4.38. The van der Waals surface area contributed by atoms with Crippen molar-refractivity contribution in [3.05, 3.63) is 0 Å². The summed E-state index contributed by atoms with van der Waals surface area (Å²) in [6, 6.07) is -0.135. The molecule has 1 saturated carbocycles.